The molecule has 0 amide bonds. The molecule has 94 valence electrons. The summed E-state index contributed by atoms with van der Waals surface area (Å²) in [6.45, 7) is 4.00. The van der Waals surface area contributed by atoms with Crippen LogP contribution in [-0.2, 0) is 4.74 Å². The lowest BCUT2D eigenvalue weighted by molar-refractivity contribution is -0.00220. The lowest BCUT2D eigenvalue weighted by Crippen LogP contribution is -2.56. The standard InChI is InChI=1S/C12H25N3O/c1-14(2)8-10-4-3-6-15(10)12-9-16-7-5-11(12)13/h10-12H,3-9,13H2,1-2H3. The number of rotatable bonds is 3. The molecule has 0 aromatic carbocycles. The fourth-order valence-electron chi connectivity index (χ4n) is 2.99. The van der Waals surface area contributed by atoms with E-state index in [1.807, 2.05) is 0 Å². The van der Waals surface area contributed by atoms with Crippen LogP contribution < -0.4 is 5.73 Å². The first-order valence-electron chi connectivity index (χ1n) is 6.42. The van der Waals surface area contributed by atoms with Crippen LogP contribution in [0.1, 0.15) is 19.3 Å². The summed E-state index contributed by atoms with van der Waals surface area (Å²) in [4.78, 5) is 4.86. The molecule has 2 aliphatic heterocycles. The third kappa shape index (κ3) is 2.74. The fourth-order valence-corrected chi connectivity index (χ4v) is 2.99. The summed E-state index contributed by atoms with van der Waals surface area (Å²) in [7, 11) is 4.29. The molecule has 4 heteroatoms. The minimum absolute atomic E-state index is 0.302. The van der Waals surface area contributed by atoms with Gasteiger partial charge in [-0.25, -0.2) is 0 Å². The minimum Gasteiger partial charge on any atom is -0.380 e. The first-order valence-corrected chi connectivity index (χ1v) is 6.42. The molecule has 2 aliphatic rings. The van der Waals surface area contributed by atoms with Crippen molar-refractivity contribution >= 4 is 0 Å². The molecule has 2 fully saturated rings. The predicted molar refractivity (Wildman–Crippen MR) is 65.5 cm³/mol. The van der Waals surface area contributed by atoms with E-state index in [2.05, 4.69) is 23.9 Å². The first-order chi connectivity index (χ1) is 7.68. The van der Waals surface area contributed by atoms with E-state index in [4.69, 9.17) is 10.5 Å². The Morgan fingerprint density at radius 2 is 2.19 bits per heavy atom. The van der Waals surface area contributed by atoms with Crippen LogP contribution in [0.25, 0.3) is 0 Å². The molecule has 0 aliphatic carbocycles. The smallest absolute Gasteiger partial charge is 0.0637 e. The Morgan fingerprint density at radius 1 is 1.38 bits per heavy atom. The van der Waals surface area contributed by atoms with Crippen molar-refractivity contribution in [2.75, 3.05) is 40.4 Å². The monoisotopic (exact) mass is 227 g/mol. The normalized spacial score (nSPS) is 37.1. The van der Waals surface area contributed by atoms with Crippen molar-refractivity contribution in [3.63, 3.8) is 0 Å². The van der Waals surface area contributed by atoms with Crippen LogP contribution in [0, 0.1) is 0 Å². The van der Waals surface area contributed by atoms with Gasteiger partial charge in [0.05, 0.1) is 6.61 Å². The highest BCUT2D eigenvalue weighted by atomic mass is 16.5. The van der Waals surface area contributed by atoms with Crippen molar-refractivity contribution in [3.05, 3.63) is 0 Å². The van der Waals surface area contributed by atoms with E-state index in [-0.39, 0.29) is 0 Å². The highest BCUT2D eigenvalue weighted by Gasteiger charge is 2.35. The van der Waals surface area contributed by atoms with Crippen molar-refractivity contribution in [3.8, 4) is 0 Å². The molecule has 2 heterocycles. The lowest BCUT2D eigenvalue weighted by Gasteiger charge is -2.39. The number of nitrogens with zero attached hydrogens (tertiary/aromatic N) is 2. The van der Waals surface area contributed by atoms with E-state index >= 15 is 0 Å². The summed E-state index contributed by atoms with van der Waals surface area (Å²) in [6.07, 6.45) is 3.62. The van der Waals surface area contributed by atoms with Gasteiger partial charge in [0, 0.05) is 31.3 Å². The van der Waals surface area contributed by atoms with Crippen LogP contribution in [0.2, 0.25) is 0 Å². The van der Waals surface area contributed by atoms with Crippen molar-refractivity contribution in [2.45, 2.75) is 37.4 Å². The summed E-state index contributed by atoms with van der Waals surface area (Å²) < 4.78 is 5.58. The van der Waals surface area contributed by atoms with Crippen LogP contribution in [0.4, 0.5) is 0 Å². The van der Waals surface area contributed by atoms with Gasteiger partial charge in [0.15, 0.2) is 0 Å². The maximum Gasteiger partial charge on any atom is 0.0637 e. The summed E-state index contributed by atoms with van der Waals surface area (Å²) in [6, 6.07) is 1.42. The molecule has 4 nitrogen and oxygen atoms in total. The largest absolute Gasteiger partial charge is 0.380 e. The quantitative estimate of drug-likeness (QED) is 0.744. The van der Waals surface area contributed by atoms with E-state index in [1.165, 1.54) is 19.4 Å². The maximum atomic E-state index is 6.22. The van der Waals surface area contributed by atoms with E-state index < -0.39 is 0 Å². The van der Waals surface area contributed by atoms with Crippen LogP contribution in [0.15, 0.2) is 0 Å². The van der Waals surface area contributed by atoms with Gasteiger partial charge in [-0.1, -0.05) is 0 Å². The Morgan fingerprint density at radius 3 is 2.88 bits per heavy atom. The van der Waals surface area contributed by atoms with Crippen molar-refractivity contribution in [1.29, 1.82) is 0 Å². The van der Waals surface area contributed by atoms with Gasteiger partial charge < -0.3 is 15.4 Å². The van der Waals surface area contributed by atoms with Gasteiger partial charge in [-0.3, -0.25) is 4.90 Å². The third-order valence-electron chi connectivity index (χ3n) is 3.80. The summed E-state index contributed by atoms with van der Waals surface area (Å²) in [5.74, 6) is 0. The summed E-state index contributed by atoms with van der Waals surface area (Å²) in [5.41, 5.74) is 6.22. The van der Waals surface area contributed by atoms with Crippen molar-refractivity contribution in [2.24, 2.45) is 5.73 Å². The molecule has 0 spiro atoms. The lowest BCUT2D eigenvalue weighted by atomic mass is 10.0. The number of hydrogen-bond donors (Lipinski definition) is 1. The molecule has 0 radical (unpaired) electrons. The second kappa shape index (κ2) is 5.45. The van der Waals surface area contributed by atoms with Crippen molar-refractivity contribution in [1.82, 2.24) is 9.80 Å². The zero-order valence-corrected chi connectivity index (χ0v) is 10.6. The van der Waals surface area contributed by atoms with Gasteiger partial charge in [-0.05, 0) is 39.9 Å². The van der Waals surface area contributed by atoms with Gasteiger partial charge in [0.25, 0.3) is 0 Å². The molecule has 0 saturated carbocycles. The molecule has 3 atom stereocenters. The number of hydrogen-bond acceptors (Lipinski definition) is 4. The summed E-state index contributed by atoms with van der Waals surface area (Å²) in [5, 5.41) is 0. The zero-order chi connectivity index (χ0) is 11.5. The molecule has 16 heavy (non-hydrogen) atoms. The Hall–Kier alpha value is -0.160. The first kappa shape index (κ1) is 12.3. The second-order valence-electron chi connectivity index (χ2n) is 5.39. The average molecular weight is 227 g/mol. The molecule has 2 rings (SSSR count). The number of ether oxygens (including phenoxy) is 1. The fraction of sp³-hybridized carbons (Fsp3) is 1.00. The second-order valence-corrected chi connectivity index (χ2v) is 5.39. The Labute approximate surface area is 98.7 Å². The predicted octanol–water partition coefficient (Wildman–Crippen LogP) is 0.129. The zero-order valence-electron chi connectivity index (χ0n) is 10.6. The Balaban J connectivity index is 1.95. The van der Waals surface area contributed by atoms with Crippen LogP contribution in [0.5, 0.6) is 0 Å². The molecule has 0 bridgehead atoms. The van der Waals surface area contributed by atoms with Crippen molar-refractivity contribution < 1.29 is 4.74 Å². The van der Waals surface area contributed by atoms with Gasteiger partial charge in [0.2, 0.25) is 0 Å². The minimum atomic E-state index is 0.302. The van der Waals surface area contributed by atoms with E-state index in [9.17, 15) is 0 Å². The van der Waals surface area contributed by atoms with Crippen LogP contribution >= 0.6 is 0 Å². The highest BCUT2D eigenvalue weighted by molar-refractivity contribution is 4.92. The molecular formula is C12H25N3O. The molecular weight excluding hydrogens is 202 g/mol. The highest BCUT2D eigenvalue weighted by Crippen LogP contribution is 2.24. The topological polar surface area (TPSA) is 41.7 Å². The Kier molecular flexibility index (Phi) is 4.19. The molecule has 0 aromatic heterocycles. The van der Waals surface area contributed by atoms with E-state index in [1.54, 1.807) is 0 Å². The maximum absolute atomic E-state index is 6.22. The number of likely N-dealkylation sites (tertiary alicyclic amines) is 1. The third-order valence-corrected chi connectivity index (χ3v) is 3.80. The van der Waals surface area contributed by atoms with E-state index in [0.717, 1.165) is 26.2 Å². The van der Waals surface area contributed by atoms with Gasteiger partial charge in [-0.2, -0.15) is 0 Å². The molecule has 2 saturated heterocycles. The SMILES string of the molecule is CN(C)CC1CCCN1C1COCCC1N. The van der Waals surface area contributed by atoms with Crippen LogP contribution in [-0.4, -0.2) is 68.3 Å². The average Bonchev–Trinajstić information content (AvgIpc) is 2.66. The number of nitrogens with two attached hydrogens (primary N) is 1. The summed E-state index contributed by atoms with van der Waals surface area (Å²) >= 11 is 0. The Bertz CT molecular complexity index is 222. The van der Waals surface area contributed by atoms with Gasteiger partial charge in [0.1, 0.15) is 0 Å². The molecule has 0 aromatic rings. The van der Waals surface area contributed by atoms with Gasteiger partial charge in [-0.15, -0.1) is 0 Å². The van der Waals surface area contributed by atoms with Gasteiger partial charge >= 0.3 is 0 Å². The van der Waals surface area contributed by atoms with Crippen LogP contribution in [0.3, 0.4) is 0 Å². The van der Waals surface area contributed by atoms with E-state index in [0.29, 0.717) is 18.1 Å². The number of likely N-dealkylation sites (N-methyl/N-ethyl adjacent to an activating group) is 1. The molecule has 2 N–H and O–H groups in total. The molecule has 3 unspecified atom stereocenters.